The molecule has 3 nitrogen and oxygen atoms in total. The Morgan fingerprint density at radius 3 is 2.86 bits per heavy atom. The van der Waals surface area contributed by atoms with Crippen molar-refractivity contribution in [2.45, 2.75) is 50.3 Å². The van der Waals surface area contributed by atoms with Gasteiger partial charge in [-0.25, -0.2) is 0 Å². The summed E-state index contributed by atoms with van der Waals surface area (Å²) in [7, 11) is -0.199. The van der Waals surface area contributed by atoms with Gasteiger partial charge >= 0.3 is 5.97 Å². The molecule has 1 saturated heterocycles. The van der Waals surface area contributed by atoms with Crippen molar-refractivity contribution in [3.05, 3.63) is 0 Å². The zero-order valence-corrected chi connectivity index (χ0v) is 10.3. The third-order valence-electron chi connectivity index (χ3n) is 3.10. The molecule has 0 aromatic rings. The number of ether oxygens (including phenoxy) is 1. The molecule has 0 spiro atoms. The topological polar surface area (TPSA) is 46.5 Å². The molecule has 0 bridgehead atoms. The van der Waals surface area contributed by atoms with E-state index in [4.69, 9.17) is 9.84 Å². The van der Waals surface area contributed by atoms with Gasteiger partial charge in [-0.1, -0.05) is 6.55 Å². The third kappa shape index (κ3) is 3.42. The van der Waals surface area contributed by atoms with Crippen molar-refractivity contribution in [3.8, 4) is 0 Å². The lowest BCUT2D eigenvalue weighted by Crippen LogP contribution is -2.41. The van der Waals surface area contributed by atoms with Crippen molar-refractivity contribution in [2.24, 2.45) is 0 Å². The Labute approximate surface area is 87.7 Å². The second-order valence-corrected chi connectivity index (χ2v) is 6.09. The highest BCUT2D eigenvalue weighted by atomic mass is 28.2. The van der Waals surface area contributed by atoms with Crippen LogP contribution in [0.2, 0.25) is 6.55 Å². The van der Waals surface area contributed by atoms with Crippen LogP contribution in [0.1, 0.15) is 38.5 Å². The van der Waals surface area contributed by atoms with Gasteiger partial charge in [0.15, 0.2) is 0 Å². The minimum atomic E-state index is -0.686. The van der Waals surface area contributed by atoms with Gasteiger partial charge in [0.05, 0.1) is 14.7 Å². The summed E-state index contributed by atoms with van der Waals surface area (Å²) in [6, 6.07) is 0. The van der Waals surface area contributed by atoms with Gasteiger partial charge in [-0.2, -0.15) is 0 Å². The molecule has 1 aliphatic heterocycles. The average Bonchev–Trinajstić information content (AvgIpc) is 2.19. The molecule has 0 aromatic heterocycles. The van der Waals surface area contributed by atoms with Crippen LogP contribution in [0, 0.1) is 0 Å². The third-order valence-corrected chi connectivity index (χ3v) is 5.30. The monoisotopic (exact) mass is 216 g/mol. The first-order valence-corrected chi connectivity index (χ1v) is 7.66. The Hall–Kier alpha value is -0.353. The van der Waals surface area contributed by atoms with Crippen molar-refractivity contribution in [3.63, 3.8) is 0 Å². The fourth-order valence-electron chi connectivity index (χ4n) is 2.12. The number of rotatable bonds is 5. The van der Waals surface area contributed by atoms with E-state index in [0.29, 0.717) is 6.42 Å². The van der Waals surface area contributed by atoms with E-state index in [9.17, 15) is 4.79 Å². The largest absolute Gasteiger partial charge is 0.481 e. The van der Waals surface area contributed by atoms with Gasteiger partial charge in [0.2, 0.25) is 0 Å². The number of carbonyl (C=O) groups is 1. The molecule has 0 saturated carbocycles. The highest BCUT2D eigenvalue weighted by Gasteiger charge is 2.30. The summed E-state index contributed by atoms with van der Waals surface area (Å²) in [5, 5.41) is 8.70. The maximum atomic E-state index is 10.4. The molecule has 1 heterocycles. The number of aliphatic carboxylic acids is 1. The zero-order valence-electron chi connectivity index (χ0n) is 8.92. The summed E-state index contributed by atoms with van der Waals surface area (Å²) in [5.41, 5.74) is 0. The van der Waals surface area contributed by atoms with Crippen LogP contribution in [0.15, 0.2) is 0 Å². The summed E-state index contributed by atoms with van der Waals surface area (Å²) in [6.07, 6.45) is 5.62. The van der Waals surface area contributed by atoms with E-state index in [1.54, 1.807) is 0 Å². The van der Waals surface area contributed by atoms with Crippen LogP contribution in [0.3, 0.4) is 0 Å². The maximum Gasteiger partial charge on any atom is 0.303 e. The Kier molecular flexibility index (Phi) is 4.61. The van der Waals surface area contributed by atoms with Crippen LogP contribution in [0.4, 0.5) is 0 Å². The Morgan fingerprint density at radius 2 is 2.36 bits per heavy atom. The van der Waals surface area contributed by atoms with Gasteiger partial charge in [0.1, 0.15) is 0 Å². The van der Waals surface area contributed by atoms with Crippen LogP contribution in [-0.2, 0) is 9.53 Å². The Morgan fingerprint density at radius 1 is 1.57 bits per heavy atom. The Balaban J connectivity index is 2.32. The van der Waals surface area contributed by atoms with E-state index in [1.807, 2.05) is 0 Å². The van der Waals surface area contributed by atoms with E-state index >= 15 is 0 Å². The normalized spacial score (nSPS) is 28.4. The van der Waals surface area contributed by atoms with Crippen LogP contribution < -0.4 is 0 Å². The van der Waals surface area contributed by atoms with Crippen LogP contribution >= 0.6 is 0 Å². The molecule has 0 amide bonds. The van der Waals surface area contributed by atoms with E-state index in [-0.39, 0.29) is 14.7 Å². The molecule has 0 aliphatic carbocycles. The predicted octanol–water partition coefficient (Wildman–Crippen LogP) is 1.35. The van der Waals surface area contributed by atoms with Gasteiger partial charge in [-0.05, 0) is 32.1 Å². The van der Waals surface area contributed by atoms with Crippen molar-refractivity contribution in [1.29, 1.82) is 0 Å². The van der Waals surface area contributed by atoms with E-state index in [0.717, 1.165) is 25.9 Å². The molecule has 1 aliphatic rings. The van der Waals surface area contributed by atoms with Crippen molar-refractivity contribution < 1.29 is 14.6 Å². The minimum absolute atomic E-state index is 0.133. The lowest BCUT2D eigenvalue weighted by Gasteiger charge is -2.36. The number of carboxylic acid groups (broad SMARTS) is 1. The number of hydrogen-bond donors (Lipinski definition) is 1. The molecule has 1 N–H and O–H groups in total. The first-order valence-electron chi connectivity index (χ1n) is 5.54. The van der Waals surface area contributed by atoms with E-state index < -0.39 is 5.97 Å². The second-order valence-electron chi connectivity index (χ2n) is 4.09. The standard InChI is InChI=1S/C10H20O3Si/c1-14-10(6-2-3-8-13-10)7-4-5-9(11)12/h2-8,14H2,1H3,(H,11,12). The smallest absolute Gasteiger partial charge is 0.303 e. The summed E-state index contributed by atoms with van der Waals surface area (Å²) < 4.78 is 5.87. The second kappa shape index (κ2) is 5.51. The summed E-state index contributed by atoms with van der Waals surface area (Å²) in [6.45, 7) is 3.15. The van der Waals surface area contributed by atoms with Gasteiger partial charge < -0.3 is 9.84 Å². The van der Waals surface area contributed by atoms with Crippen molar-refractivity contribution in [1.82, 2.24) is 0 Å². The molecule has 1 atom stereocenters. The fourth-order valence-corrected chi connectivity index (χ4v) is 3.68. The predicted molar refractivity (Wildman–Crippen MR) is 58.4 cm³/mol. The van der Waals surface area contributed by atoms with Crippen LogP contribution in [0.25, 0.3) is 0 Å². The lowest BCUT2D eigenvalue weighted by molar-refractivity contribution is -0.137. The van der Waals surface area contributed by atoms with Gasteiger partial charge in [-0.15, -0.1) is 0 Å². The first kappa shape index (κ1) is 11.7. The molecule has 0 radical (unpaired) electrons. The maximum absolute atomic E-state index is 10.4. The highest BCUT2D eigenvalue weighted by molar-refractivity contribution is 6.37. The number of hydrogen-bond acceptors (Lipinski definition) is 2. The Bertz CT molecular complexity index is 188. The quantitative estimate of drug-likeness (QED) is 0.706. The molecule has 1 fully saturated rings. The average molecular weight is 216 g/mol. The van der Waals surface area contributed by atoms with E-state index in [1.165, 1.54) is 12.8 Å². The molecule has 82 valence electrons. The summed E-state index contributed by atoms with van der Waals surface area (Å²) in [4.78, 5) is 10.4. The molecule has 1 rings (SSSR count). The number of carboxylic acids is 1. The van der Waals surface area contributed by atoms with Gasteiger partial charge in [0, 0.05) is 13.0 Å². The summed E-state index contributed by atoms with van der Waals surface area (Å²) >= 11 is 0. The molecular formula is C10H20O3Si. The zero-order chi connectivity index (χ0) is 10.4. The highest BCUT2D eigenvalue weighted by Crippen LogP contribution is 2.28. The van der Waals surface area contributed by atoms with E-state index in [2.05, 4.69) is 6.55 Å². The lowest BCUT2D eigenvalue weighted by atomic mass is 10.0. The molecule has 14 heavy (non-hydrogen) atoms. The van der Waals surface area contributed by atoms with Gasteiger partial charge in [0.25, 0.3) is 0 Å². The fraction of sp³-hybridized carbons (Fsp3) is 0.900. The van der Waals surface area contributed by atoms with Crippen molar-refractivity contribution in [2.75, 3.05) is 6.61 Å². The molecule has 1 unspecified atom stereocenters. The minimum Gasteiger partial charge on any atom is -0.481 e. The molecule has 0 aromatic carbocycles. The first-order chi connectivity index (χ1) is 6.68. The van der Waals surface area contributed by atoms with Gasteiger partial charge in [-0.3, -0.25) is 4.79 Å². The molecular weight excluding hydrogens is 196 g/mol. The van der Waals surface area contributed by atoms with Crippen LogP contribution in [0.5, 0.6) is 0 Å². The molecule has 4 heteroatoms. The van der Waals surface area contributed by atoms with Crippen molar-refractivity contribution >= 4 is 15.5 Å². The summed E-state index contributed by atoms with van der Waals surface area (Å²) in [5.74, 6) is -0.686. The van der Waals surface area contributed by atoms with Crippen LogP contribution in [-0.4, -0.2) is 32.4 Å². The SMILES string of the molecule is C[SiH2]C1(CCCC(=O)O)CCCCO1.